The van der Waals surface area contributed by atoms with E-state index in [9.17, 15) is 9.59 Å². The minimum absolute atomic E-state index is 0.275. The number of nitrogens with two attached hydrogens (primary N) is 1. The lowest BCUT2D eigenvalue weighted by atomic mass is 10.1. The first-order valence-electron chi connectivity index (χ1n) is 8.29. The van der Waals surface area contributed by atoms with Gasteiger partial charge in [-0.15, -0.1) is 0 Å². The highest BCUT2D eigenvalue weighted by atomic mass is 35.5. The van der Waals surface area contributed by atoms with E-state index in [1.165, 1.54) is 13.2 Å². The summed E-state index contributed by atoms with van der Waals surface area (Å²) in [4.78, 5) is 23.2. The predicted octanol–water partition coefficient (Wildman–Crippen LogP) is 3.18. The van der Waals surface area contributed by atoms with Crippen LogP contribution in [0.5, 0.6) is 11.5 Å². The van der Waals surface area contributed by atoms with Gasteiger partial charge in [0, 0.05) is 18.2 Å². The van der Waals surface area contributed by atoms with Gasteiger partial charge in [0.1, 0.15) is 0 Å². The van der Waals surface area contributed by atoms with Crippen LogP contribution < -0.4 is 20.5 Å². The Labute approximate surface area is 162 Å². The fraction of sp³-hybridized carbons (Fsp3) is 0.200. The lowest BCUT2D eigenvalue weighted by molar-refractivity contribution is -0.116. The van der Waals surface area contributed by atoms with Crippen molar-refractivity contribution >= 4 is 29.5 Å². The van der Waals surface area contributed by atoms with E-state index in [0.717, 1.165) is 5.56 Å². The molecule has 2 amide bonds. The van der Waals surface area contributed by atoms with Gasteiger partial charge in [0.2, 0.25) is 11.8 Å². The van der Waals surface area contributed by atoms with Gasteiger partial charge in [-0.25, -0.2) is 0 Å². The summed E-state index contributed by atoms with van der Waals surface area (Å²) < 4.78 is 10.7. The van der Waals surface area contributed by atoms with Crippen LogP contribution in [-0.2, 0) is 11.3 Å². The number of amides is 2. The van der Waals surface area contributed by atoms with Crippen LogP contribution in [0.2, 0.25) is 5.02 Å². The van der Waals surface area contributed by atoms with Gasteiger partial charge in [-0.05, 0) is 48.4 Å². The maximum Gasteiger partial charge on any atom is 0.248 e. The lowest BCUT2D eigenvalue weighted by Crippen LogP contribution is -2.20. The van der Waals surface area contributed by atoms with Crippen molar-refractivity contribution in [3.8, 4) is 11.5 Å². The van der Waals surface area contributed by atoms with E-state index in [1.54, 1.807) is 42.5 Å². The molecule has 0 heterocycles. The molecule has 2 aromatic rings. The van der Waals surface area contributed by atoms with Crippen LogP contribution in [0.25, 0.3) is 6.08 Å². The molecule has 0 atom stereocenters. The second-order valence-electron chi connectivity index (χ2n) is 5.58. The molecule has 0 aliphatic carbocycles. The Balaban J connectivity index is 2.03. The van der Waals surface area contributed by atoms with Gasteiger partial charge in [0.05, 0.1) is 18.7 Å². The third kappa shape index (κ3) is 5.76. The number of ether oxygens (including phenoxy) is 2. The zero-order chi connectivity index (χ0) is 19.8. The van der Waals surface area contributed by atoms with Gasteiger partial charge in [-0.2, -0.15) is 0 Å². The maximum atomic E-state index is 12.0. The zero-order valence-corrected chi connectivity index (χ0v) is 15.9. The summed E-state index contributed by atoms with van der Waals surface area (Å²) in [7, 11) is 1.52. The number of rotatable bonds is 8. The molecule has 6 nitrogen and oxygen atoms in total. The summed E-state index contributed by atoms with van der Waals surface area (Å²) in [6.07, 6.45) is 3.02. The van der Waals surface area contributed by atoms with Crippen LogP contribution in [0.4, 0.5) is 0 Å². The second kappa shape index (κ2) is 9.64. The molecule has 0 fully saturated rings. The van der Waals surface area contributed by atoms with Crippen LogP contribution in [-0.4, -0.2) is 25.5 Å². The summed E-state index contributed by atoms with van der Waals surface area (Å²) in [5, 5.41) is 3.15. The molecule has 0 saturated heterocycles. The molecule has 0 spiro atoms. The average molecular weight is 389 g/mol. The largest absolute Gasteiger partial charge is 0.493 e. The Morgan fingerprint density at radius 3 is 2.70 bits per heavy atom. The van der Waals surface area contributed by atoms with Gasteiger partial charge < -0.3 is 20.5 Å². The van der Waals surface area contributed by atoms with Crippen LogP contribution >= 0.6 is 11.6 Å². The van der Waals surface area contributed by atoms with Crippen molar-refractivity contribution < 1.29 is 19.1 Å². The van der Waals surface area contributed by atoms with Crippen LogP contribution in [0.15, 0.2) is 42.5 Å². The minimum atomic E-state index is -0.510. The van der Waals surface area contributed by atoms with E-state index < -0.39 is 5.91 Å². The Morgan fingerprint density at radius 1 is 1.26 bits per heavy atom. The molecular formula is C20H21ClN2O4. The molecule has 0 aliphatic heterocycles. The minimum Gasteiger partial charge on any atom is -0.493 e. The zero-order valence-electron chi connectivity index (χ0n) is 15.1. The fourth-order valence-corrected chi connectivity index (χ4v) is 2.65. The molecule has 0 unspecified atom stereocenters. The molecule has 142 valence electrons. The SMILES string of the molecule is CCOc1c(Cl)cc(/C=C/C(=O)NCc2cccc(C(N)=O)c2)cc1OC. The number of nitrogens with one attached hydrogen (secondary N) is 1. The third-order valence-corrected chi connectivity index (χ3v) is 3.93. The molecule has 3 N–H and O–H groups in total. The third-order valence-electron chi connectivity index (χ3n) is 3.65. The van der Waals surface area contributed by atoms with Gasteiger partial charge in [-0.1, -0.05) is 23.7 Å². The van der Waals surface area contributed by atoms with E-state index in [4.69, 9.17) is 26.8 Å². The van der Waals surface area contributed by atoms with Crippen molar-refractivity contribution in [3.63, 3.8) is 0 Å². The van der Waals surface area contributed by atoms with Gasteiger partial charge in [0.25, 0.3) is 0 Å². The first kappa shape index (κ1) is 20.3. The molecule has 7 heteroatoms. The van der Waals surface area contributed by atoms with E-state index in [2.05, 4.69) is 5.32 Å². The highest BCUT2D eigenvalue weighted by Crippen LogP contribution is 2.36. The number of primary amides is 1. The van der Waals surface area contributed by atoms with Crippen molar-refractivity contribution in [2.75, 3.05) is 13.7 Å². The fourth-order valence-electron chi connectivity index (χ4n) is 2.37. The summed E-state index contributed by atoms with van der Waals surface area (Å²) in [6.45, 7) is 2.59. The molecule has 2 rings (SSSR count). The van der Waals surface area contributed by atoms with E-state index in [-0.39, 0.29) is 12.5 Å². The monoisotopic (exact) mass is 388 g/mol. The first-order chi connectivity index (χ1) is 12.9. The van der Waals surface area contributed by atoms with Crippen molar-refractivity contribution in [1.82, 2.24) is 5.32 Å². The summed E-state index contributed by atoms with van der Waals surface area (Å²) >= 11 is 6.21. The van der Waals surface area contributed by atoms with Crippen molar-refractivity contribution in [3.05, 3.63) is 64.2 Å². The Bertz CT molecular complexity index is 865. The average Bonchev–Trinajstić information content (AvgIpc) is 2.66. The van der Waals surface area contributed by atoms with Gasteiger partial charge in [0.15, 0.2) is 11.5 Å². The van der Waals surface area contributed by atoms with Crippen LogP contribution in [0.1, 0.15) is 28.4 Å². The Hall–Kier alpha value is -2.99. The molecule has 27 heavy (non-hydrogen) atoms. The molecule has 0 saturated carbocycles. The standard InChI is InChI=1S/C20H21ClN2O4/c1-3-27-19-16(21)10-13(11-17(19)26-2)7-8-18(24)23-12-14-5-4-6-15(9-14)20(22)25/h4-11H,3,12H2,1-2H3,(H2,22,25)(H,23,24)/b8-7+. The van der Waals surface area contributed by atoms with Gasteiger partial charge >= 0.3 is 0 Å². The van der Waals surface area contributed by atoms with Crippen molar-refractivity contribution in [1.29, 1.82) is 0 Å². The smallest absolute Gasteiger partial charge is 0.248 e. The Morgan fingerprint density at radius 2 is 2.04 bits per heavy atom. The Kier molecular flexibility index (Phi) is 7.25. The van der Waals surface area contributed by atoms with E-state index in [0.29, 0.717) is 34.3 Å². The molecular weight excluding hydrogens is 368 g/mol. The molecule has 0 aromatic heterocycles. The maximum absolute atomic E-state index is 12.0. The number of carbonyl (C=O) groups is 2. The quantitative estimate of drug-likeness (QED) is 0.679. The van der Waals surface area contributed by atoms with Crippen LogP contribution in [0.3, 0.4) is 0 Å². The second-order valence-corrected chi connectivity index (χ2v) is 5.99. The number of carbonyl (C=O) groups excluding carboxylic acids is 2. The number of hydrogen-bond acceptors (Lipinski definition) is 4. The summed E-state index contributed by atoms with van der Waals surface area (Å²) in [5.41, 5.74) is 7.12. The van der Waals surface area contributed by atoms with Crippen molar-refractivity contribution in [2.24, 2.45) is 5.73 Å². The number of methoxy groups -OCH3 is 1. The topological polar surface area (TPSA) is 90.6 Å². The molecule has 2 aromatic carbocycles. The predicted molar refractivity (Wildman–Crippen MR) is 105 cm³/mol. The number of hydrogen-bond donors (Lipinski definition) is 2. The van der Waals surface area contributed by atoms with Crippen molar-refractivity contribution in [2.45, 2.75) is 13.5 Å². The highest BCUT2D eigenvalue weighted by Gasteiger charge is 2.10. The lowest BCUT2D eigenvalue weighted by Gasteiger charge is -2.11. The summed E-state index contributed by atoms with van der Waals surface area (Å²) in [5.74, 6) is 0.165. The number of halogens is 1. The molecule has 0 bridgehead atoms. The van der Waals surface area contributed by atoms with E-state index >= 15 is 0 Å². The molecule has 0 radical (unpaired) electrons. The summed E-state index contributed by atoms with van der Waals surface area (Å²) in [6, 6.07) is 10.2. The number of benzene rings is 2. The highest BCUT2D eigenvalue weighted by molar-refractivity contribution is 6.32. The first-order valence-corrected chi connectivity index (χ1v) is 8.67. The molecule has 0 aliphatic rings. The van der Waals surface area contributed by atoms with E-state index in [1.807, 2.05) is 6.92 Å². The normalized spacial score (nSPS) is 10.6. The van der Waals surface area contributed by atoms with Crippen LogP contribution in [0, 0.1) is 0 Å². The van der Waals surface area contributed by atoms with Gasteiger partial charge in [-0.3, -0.25) is 9.59 Å².